The number of fused-ring (bicyclic) bond motifs is 5. The number of furan rings is 1. The van der Waals surface area contributed by atoms with Gasteiger partial charge in [0.2, 0.25) is 0 Å². The molecule has 0 saturated carbocycles. The van der Waals surface area contributed by atoms with Crippen LogP contribution in [-0.2, 0) is 0 Å². The fraction of sp³-hybridized carbons (Fsp3) is 0.250. The molecule has 6 heteroatoms. The Labute approximate surface area is 149 Å². The van der Waals surface area contributed by atoms with E-state index in [1.165, 1.54) is 0 Å². The van der Waals surface area contributed by atoms with Crippen molar-refractivity contribution in [2.45, 2.75) is 6.10 Å². The largest absolute Gasteiger partial charge is 0.491 e. The molecule has 0 aliphatic carbocycles. The van der Waals surface area contributed by atoms with Gasteiger partial charge in [-0.3, -0.25) is 4.79 Å². The molecule has 4 aromatic rings. The summed E-state index contributed by atoms with van der Waals surface area (Å²) in [4.78, 5) is 17.4. The lowest BCUT2D eigenvalue weighted by molar-refractivity contribution is 0.0832. The Kier molecular flexibility index (Phi) is 4.14. The van der Waals surface area contributed by atoms with Gasteiger partial charge in [0, 0.05) is 23.4 Å². The van der Waals surface area contributed by atoms with E-state index in [1.54, 1.807) is 6.07 Å². The Morgan fingerprint density at radius 3 is 2.81 bits per heavy atom. The second-order valence-corrected chi connectivity index (χ2v) is 6.69. The number of para-hydroxylation sites is 1. The van der Waals surface area contributed by atoms with Gasteiger partial charge in [0.1, 0.15) is 29.6 Å². The number of likely N-dealkylation sites (N-methyl/N-ethyl adjacent to an activating group) is 1. The number of pyridine rings is 1. The molecule has 0 bridgehead atoms. The Morgan fingerprint density at radius 1 is 1.19 bits per heavy atom. The number of benzene rings is 2. The normalized spacial score (nSPS) is 13.1. The van der Waals surface area contributed by atoms with E-state index < -0.39 is 6.10 Å². The Bertz CT molecular complexity index is 1140. The van der Waals surface area contributed by atoms with Crippen LogP contribution in [0.2, 0.25) is 0 Å². The van der Waals surface area contributed by atoms with E-state index in [2.05, 4.69) is 4.98 Å². The highest BCUT2D eigenvalue weighted by atomic mass is 16.5. The highest BCUT2D eigenvalue weighted by Gasteiger charge is 2.14. The highest BCUT2D eigenvalue weighted by molar-refractivity contribution is 6.13. The molecule has 4 rings (SSSR count). The van der Waals surface area contributed by atoms with Crippen LogP contribution in [0.3, 0.4) is 0 Å². The van der Waals surface area contributed by atoms with Gasteiger partial charge in [0.15, 0.2) is 0 Å². The van der Waals surface area contributed by atoms with Crippen LogP contribution in [0.25, 0.3) is 32.8 Å². The summed E-state index contributed by atoms with van der Waals surface area (Å²) in [6, 6.07) is 12.9. The van der Waals surface area contributed by atoms with E-state index in [1.807, 2.05) is 55.4 Å². The zero-order valence-corrected chi connectivity index (χ0v) is 14.7. The van der Waals surface area contributed by atoms with Crippen molar-refractivity contribution in [1.29, 1.82) is 0 Å². The lowest BCUT2D eigenvalue weighted by atomic mass is 10.1. The van der Waals surface area contributed by atoms with Gasteiger partial charge in [-0.15, -0.1) is 0 Å². The minimum atomic E-state index is -0.586. The smallest absolute Gasteiger partial charge is 0.260 e. The molecule has 2 aromatic carbocycles. The summed E-state index contributed by atoms with van der Waals surface area (Å²) in [6.07, 6.45) is -0.586. The van der Waals surface area contributed by atoms with Gasteiger partial charge in [0.05, 0.1) is 10.9 Å². The first-order valence-corrected chi connectivity index (χ1v) is 8.46. The van der Waals surface area contributed by atoms with Crippen molar-refractivity contribution in [2.24, 2.45) is 0 Å². The van der Waals surface area contributed by atoms with E-state index in [-0.39, 0.29) is 12.2 Å². The van der Waals surface area contributed by atoms with Gasteiger partial charge in [0.25, 0.3) is 5.56 Å². The standard InChI is InChI=1S/C20H20N2O4/c1-22(2)10-12(23)11-25-13-7-8-14-16(9-13)21-20(24)18-15-5-3-4-6-17(15)26-19(14)18/h3-9,12,23H,10-11H2,1-2H3,(H,21,24). The average Bonchev–Trinajstić information content (AvgIpc) is 2.99. The molecule has 2 heterocycles. The Balaban J connectivity index is 1.74. The topological polar surface area (TPSA) is 78.7 Å². The number of aliphatic hydroxyl groups excluding tert-OH is 1. The molecule has 2 N–H and O–H groups in total. The summed E-state index contributed by atoms with van der Waals surface area (Å²) in [6.45, 7) is 0.699. The number of aromatic nitrogens is 1. The van der Waals surface area contributed by atoms with Crippen molar-refractivity contribution in [2.75, 3.05) is 27.2 Å². The first kappa shape index (κ1) is 16.6. The van der Waals surface area contributed by atoms with Crippen molar-refractivity contribution >= 4 is 32.8 Å². The number of nitrogens with one attached hydrogen (secondary N) is 1. The van der Waals surface area contributed by atoms with Gasteiger partial charge in [-0.05, 0) is 32.3 Å². The van der Waals surface area contributed by atoms with Crippen LogP contribution in [0.15, 0.2) is 51.7 Å². The van der Waals surface area contributed by atoms with Crippen molar-refractivity contribution in [3.05, 3.63) is 52.8 Å². The van der Waals surface area contributed by atoms with Crippen LogP contribution in [0, 0.1) is 0 Å². The van der Waals surface area contributed by atoms with Crippen LogP contribution >= 0.6 is 0 Å². The highest BCUT2D eigenvalue weighted by Crippen LogP contribution is 2.31. The van der Waals surface area contributed by atoms with E-state index >= 15 is 0 Å². The van der Waals surface area contributed by atoms with Crippen molar-refractivity contribution in [3.63, 3.8) is 0 Å². The van der Waals surface area contributed by atoms with Crippen LogP contribution in [0.4, 0.5) is 0 Å². The summed E-state index contributed by atoms with van der Waals surface area (Å²) in [5.74, 6) is 0.585. The lowest BCUT2D eigenvalue weighted by Crippen LogP contribution is -2.30. The van der Waals surface area contributed by atoms with Gasteiger partial charge in [-0.25, -0.2) is 0 Å². The second-order valence-electron chi connectivity index (χ2n) is 6.69. The Hall–Kier alpha value is -2.83. The number of hydrogen-bond donors (Lipinski definition) is 2. The van der Waals surface area contributed by atoms with E-state index in [9.17, 15) is 9.90 Å². The summed E-state index contributed by atoms with van der Waals surface area (Å²) < 4.78 is 11.6. The molecule has 2 aromatic heterocycles. The quantitative estimate of drug-likeness (QED) is 0.577. The predicted octanol–water partition coefficient (Wildman–Crippen LogP) is 2.73. The third-order valence-electron chi connectivity index (χ3n) is 4.32. The molecule has 1 atom stereocenters. The van der Waals surface area contributed by atoms with Crippen LogP contribution < -0.4 is 10.3 Å². The number of aromatic amines is 1. The first-order valence-electron chi connectivity index (χ1n) is 8.46. The molecule has 1 unspecified atom stereocenters. The van der Waals surface area contributed by atoms with E-state index in [4.69, 9.17) is 9.15 Å². The monoisotopic (exact) mass is 352 g/mol. The molecular formula is C20H20N2O4. The number of hydrogen-bond acceptors (Lipinski definition) is 5. The summed E-state index contributed by atoms with van der Waals surface area (Å²) >= 11 is 0. The molecule has 0 fully saturated rings. The van der Waals surface area contributed by atoms with Gasteiger partial charge < -0.3 is 24.1 Å². The summed E-state index contributed by atoms with van der Waals surface area (Å²) in [7, 11) is 3.78. The number of nitrogens with zero attached hydrogens (tertiary/aromatic N) is 1. The minimum Gasteiger partial charge on any atom is -0.491 e. The molecule has 26 heavy (non-hydrogen) atoms. The minimum absolute atomic E-state index is 0.181. The zero-order chi connectivity index (χ0) is 18.3. The third-order valence-corrected chi connectivity index (χ3v) is 4.32. The van der Waals surface area contributed by atoms with Crippen molar-refractivity contribution < 1.29 is 14.3 Å². The molecular weight excluding hydrogens is 332 g/mol. The number of H-pyrrole nitrogens is 1. The van der Waals surface area contributed by atoms with Gasteiger partial charge >= 0.3 is 0 Å². The van der Waals surface area contributed by atoms with Gasteiger partial charge in [-0.2, -0.15) is 0 Å². The lowest BCUT2D eigenvalue weighted by Gasteiger charge is -2.16. The summed E-state index contributed by atoms with van der Waals surface area (Å²) in [5, 5.41) is 12.1. The molecule has 134 valence electrons. The second kappa shape index (κ2) is 6.48. The summed E-state index contributed by atoms with van der Waals surface area (Å²) in [5.41, 5.74) is 1.71. The maximum Gasteiger partial charge on any atom is 0.260 e. The molecule has 0 saturated heterocycles. The van der Waals surface area contributed by atoms with Gasteiger partial charge in [-0.1, -0.05) is 18.2 Å². The molecule has 0 aliphatic rings. The van der Waals surface area contributed by atoms with Crippen molar-refractivity contribution in [3.8, 4) is 5.75 Å². The average molecular weight is 352 g/mol. The fourth-order valence-electron chi connectivity index (χ4n) is 3.23. The fourth-order valence-corrected chi connectivity index (χ4v) is 3.23. The molecule has 0 amide bonds. The molecule has 0 radical (unpaired) electrons. The third kappa shape index (κ3) is 2.94. The van der Waals surface area contributed by atoms with E-state index in [0.717, 1.165) is 10.8 Å². The zero-order valence-electron chi connectivity index (χ0n) is 14.7. The van der Waals surface area contributed by atoms with Crippen LogP contribution in [-0.4, -0.2) is 48.3 Å². The maximum absolute atomic E-state index is 12.6. The first-order chi connectivity index (χ1) is 12.5. The Morgan fingerprint density at radius 2 is 2.00 bits per heavy atom. The number of aliphatic hydroxyl groups is 1. The van der Waals surface area contributed by atoms with Crippen LogP contribution in [0.1, 0.15) is 0 Å². The number of ether oxygens (including phenoxy) is 1. The number of rotatable bonds is 5. The maximum atomic E-state index is 12.6. The predicted molar refractivity (Wildman–Crippen MR) is 102 cm³/mol. The molecule has 0 aliphatic heterocycles. The van der Waals surface area contributed by atoms with Crippen LogP contribution in [0.5, 0.6) is 5.75 Å². The molecule has 6 nitrogen and oxygen atoms in total. The van der Waals surface area contributed by atoms with Crippen molar-refractivity contribution in [1.82, 2.24) is 9.88 Å². The van der Waals surface area contributed by atoms with E-state index in [0.29, 0.717) is 34.4 Å². The molecule has 0 spiro atoms. The SMILES string of the molecule is CN(C)CC(O)COc1ccc2c(c1)[nH]c(=O)c1c3ccccc3oc21.